The van der Waals surface area contributed by atoms with Gasteiger partial charge in [-0.25, -0.2) is 4.79 Å². The zero-order valence-corrected chi connectivity index (χ0v) is 15.9. The highest BCUT2D eigenvalue weighted by molar-refractivity contribution is 7.99. The number of thioether (sulfide) groups is 1. The van der Waals surface area contributed by atoms with Crippen LogP contribution in [0.15, 0.2) is 53.4 Å². The van der Waals surface area contributed by atoms with E-state index in [9.17, 15) is 18.4 Å². The normalized spacial score (nSPS) is 11.2. The number of carbonyl (C=O) groups is 2. The lowest BCUT2D eigenvalue weighted by Crippen LogP contribution is -2.27. The summed E-state index contributed by atoms with van der Waals surface area (Å²) in [5.41, 5.74) is 0.808. The summed E-state index contributed by atoms with van der Waals surface area (Å²) >= 11 is 0.423. The average Bonchev–Trinajstić information content (AvgIpc) is 2.55. The Kier molecular flexibility index (Phi) is 6.79. The predicted octanol–water partition coefficient (Wildman–Crippen LogP) is 5.60. The van der Waals surface area contributed by atoms with Crippen molar-refractivity contribution in [2.45, 2.75) is 37.0 Å². The van der Waals surface area contributed by atoms with E-state index in [-0.39, 0.29) is 5.91 Å². The quantitative estimate of drug-likeness (QED) is 0.648. The van der Waals surface area contributed by atoms with Gasteiger partial charge in [0, 0.05) is 21.8 Å². The third-order valence-electron chi connectivity index (χ3n) is 3.13. The molecule has 0 unspecified atom stereocenters. The van der Waals surface area contributed by atoms with Crippen LogP contribution < -0.4 is 10.6 Å². The van der Waals surface area contributed by atoms with Crippen LogP contribution in [0.2, 0.25) is 0 Å². The molecule has 0 aliphatic heterocycles. The van der Waals surface area contributed by atoms with Crippen molar-refractivity contribution in [3.05, 3.63) is 54.1 Å². The van der Waals surface area contributed by atoms with Crippen LogP contribution in [0.4, 0.5) is 25.0 Å². The van der Waals surface area contributed by atoms with Crippen molar-refractivity contribution >= 4 is 35.1 Å². The highest BCUT2D eigenvalue weighted by Gasteiger charge is 2.16. The number of rotatable bonds is 5. The highest BCUT2D eigenvalue weighted by atomic mass is 32.2. The molecule has 0 atom stereocenters. The Labute approximate surface area is 160 Å². The summed E-state index contributed by atoms with van der Waals surface area (Å²) in [6.45, 7) is 5.30. The SMILES string of the molecule is CC(C)(C)OC(=O)Nc1ccc(NC(=O)c2ccc(SC(F)F)cc2)cc1. The predicted molar refractivity (Wildman–Crippen MR) is 103 cm³/mol. The first-order valence-corrected chi connectivity index (χ1v) is 8.97. The standard InChI is InChI=1S/C19H20F2N2O3S/c1-19(2,3)26-18(25)23-14-8-6-13(7-9-14)22-16(24)12-4-10-15(11-5-12)27-17(20)21/h4-11,17H,1-3H3,(H,22,24)(H,23,25). The molecule has 2 rings (SSSR count). The Morgan fingerprint density at radius 1 is 0.926 bits per heavy atom. The van der Waals surface area contributed by atoms with E-state index in [0.29, 0.717) is 33.6 Å². The fraction of sp³-hybridized carbons (Fsp3) is 0.263. The molecule has 0 aliphatic carbocycles. The van der Waals surface area contributed by atoms with Gasteiger partial charge >= 0.3 is 6.09 Å². The van der Waals surface area contributed by atoms with Gasteiger partial charge in [0.15, 0.2) is 0 Å². The molecule has 8 heteroatoms. The molecule has 0 saturated carbocycles. The van der Waals surface area contributed by atoms with Crippen LogP contribution in [-0.2, 0) is 4.74 Å². The van der Waals surface area contributed by atoms with Gasteiger partial charge in [0.2, 0.25) is 0 Å². The molecular weight excluding hydrogens is 374 g/mol. The van der Waals surface area contributed by atoms with Gasteiger partial charge in [-0.05, 0) is 69.3 Å². The van der Waals surface area contributed by atoms with E-state index in [0.717, 1.165) is 0 Å². The number of benzene rings is 2. The largest absolute Gasteiger partial charge is 0.444 e. The van der Waals surface area contributed by atoms with Crippen LogP contribution in [0.25, 0.3) is 0 Å². The van der Waals surface area contributed by atoms with Crippen LogP contribution in [0.5, 0.6) is 0 Å². The van der Waals surface area contributed by atoms with Gasteiger partial charge in [0.05, 0.1) is 0 Å². The first-order valence-electron chi connectivity index (χ1n) is 8.09. The molecule has 2 amide bonds. The van der Waals surface area contributed by atoms with Crippen molar-refractivity contribution < 1.29 is 23.1 Å². The number of anilines is 2. The fourth-order valence-corrected chi connectivity index (χ4v) is 2.55. The van der Waals surface area contributed by atoms with E-state index in [2.05, 4.69) is 10.6 Å². The Balaban J connectivity index is 1.93. The number of hydrogen-bond donors (Lipinski definition) is 2. The van der Waals surface area contributed by atoms with Crippen LogP contribution in [0, 0.1) is 0 Å². The van der Waals surface area contributed by atoms with Gasteiger partial charge in [0.1, 0.15) is 5.60 Å². The molecule has 5 nitrogen and oxygen atoms in total. The van der Waals surface area contributed by atoms with Gasteiger partial charge in [-0.2, -0.15) is 8.78 Å². The van der Waals surface area contributed by atoms with Crippen molar-refractivity contribution in [1.29, 1.82) is 0 Å². The second kappa shape index (κ2) is 8.85. The lowest BCUT2D eigenvalue weighted by atomic mass is 10.2. The first-order chi connectivity index (χ1) is 12.6. The summed E-state index contributed by atoms with van der Waals surface area (Å²) in [4.78, 5) is 24.3. The fourth-order valence-electron chi connectivity index (χ4n) is 2.05. The van der Waals surface area contributed by atoms with Crippen molar-refractivity contribution in [3.8, 4) is 0 Å². The number of amides is 2. The van der Waals surface area contributed by atoms with E-state index in [1.165, 1.54) is 24.3 Å². The summed E-state index contributed by atoms with van der Waals surface area (Å²) in [5, 5.41) is 5.29. The van der Waals surface area contributed by atoms with Crippen LogP contribution in [0.1, 0.15) is 31.1 Å². The molecule has 2 N–H and O–H groups in total. The maximum Gasteiger partial charge on any atom is 0.412 e. The van der Waals surface area contributed by atoms with Gasteiger partial charge in [-0.3, -0.25) is 10.1 Å². The van der Waals surface area contributed by atoms with Crippen LogP contribution in [0.3, 0.4) is 0 Å². The van der Waals surface area contributed by atoms with Crippen molar-refractivity contribution in [2.75, 3.05) is 10.6 Å². The number of halogens is 2. The van der Waals surface area contributed by atoms with Crippen molar-refractivity contribution in [3.63, 3.8) is 0 Å². The molecule has 0 radical (unpaired) electrons. The summed E-state index contributed by atoms with van der Waals surface area (Å²) < 4.78 is 29.8. The van der Waals surface area contributed by atoms with Crippen molar-refractivity contribution in [2.24, 2.45) is 0 Å². The molecule has 0 saturated heterocycles. The lowest BCUT2D eigenvalue weighted by Gasteiger charge is -2.19. The van der Waals surface area contributed by atoms with Crippen LogP contribution in [-0.4, -0.2) is 23.4 Å². The first kappa shape index (κ1) is 20.7. The third-order valence-corrected chi connectivity index (χ3v) is 3.85. The maximum atomic E-state index is 12.3. The molecule has 0 heterocycles. The second-order valence-electron chi connectivity index (χ2n) is 6.56. The highest BCUT2D eigenvalue weighted by Crippen LogP contribution is 2.25. The van der Waals surface area contributed by atoms with Gasteiger partial charge < -0.3 is 10.1 Å². The van der Waals surface area contributed by atoms with E-state index >= 15 is 0 Å². The molecule has 0 aromatic heterocycles. The Morgan fingerprint density at radius 2 is 1.44 bits per heavy atom. The maximum absolute atomic E-state index is 12.3. The van der Waals surface area contributed by atoms with Gasteiger partial charge in [0.25, 0.3) is 11.7 Å². The van der Waals surface area contributed by atoms with E-state index in [1.807, 2.05) is 0 Å². The smallest absolute Gasteiger partial charge is 0.412 e. The summed E-state index contributed by atoms with van der Waals surface area (Å²) in [6.07, 6.45) is -0.568. The molecule has 0 spiro atoms. The number of alkyl halides is 2. The number of hydrogen-bond acceptors (Lipinski definition) is 4. The molecule has 2 aromatic carbocycles. The monoisotopic (exact) mass is 394 g/mol. The molecule has 0 fully saturated rings. The minimum absolute atomic E-state index is 0.351. The topological polar surface area (TPSA) is 67.4 Å². The minimum atomic E-state index is -2.50. The summed E-state index contributed by atoms with van der Waals surface area (Å²) in [7, 11) is 0. The average molecular weight is 394 g/mol. The summed E-state index contributed by atoms with van der Waals surface area (Å²) in [5.74, 6) is -2.87. The molecule has 27 heavy (non-hydrogen) atoms. The molecule has 2 aromatic rings. The lowest BCUT2D eigenvalue weighted by molar-refractivity contribution is 0.0635. The van der Waals surface area contributed by atoms with Crippen LogP contribution >= 0.6 is 11.8 Å². The Bertz CT molecular complexity index is 788. The van der Waals surface area contributed by atoms with Crippen molar-refractivity contribution in [1.82, 2.24) is 0 Å². The second-order valence-corrected chi connectivity index (χ2v) is 7.62. The van der Waals surface area contributed by atoms with E-state index in [1.54, 1.807) is 45.0 Å². The number of nitrogens with one attached hydrogen (secondary N) is 2. The number of ether oxygens (including phenoxy) is 1. The molecule has 0 aliphatic rings. The van der Waals surface area contributed by atoms with E-state index < -0.39 is 17.5 Å². The molecule has 0 bridgehead atoms. The Morgan fingerprint density at radius 3 is 1.93 bits per heavy atom. The number of carbonyl (C=O) groups excluding carboxylic acids is 2. The summed E-state index contributed by atoms with van der Waals surface area (Å²) in [6, 6.07) is 12.4. The Hall–Kier alpha value is -2.61. The molecular formula is C19H20F2N2O3S. The van der Waals surface area contributed by atoms with E-state index in [4.69, 9.17) is 4.74 Å². The van der Waals surface area contributed by atoms with Gasteiger partial charge in [-0.15, -0.1) is 0 Å². The zero-order valence-electron chi connectivity index (χ0n) is 15.1. The molecule has 144 valence electrons. The third kappa shape index (κ3) is 7.26. The van der Waals surface area contributed by atoms with Gasteiger partial charge in [-0.1, -0.05) is 11.8 Å². The minimum Gasteiger partial charge on any atom is -0.444 e. The zero-order chi connectivity index (χ0) is 20.0.